The number of amides is 3. The highest BCUT2D eigenvalue weighted by atomic mass is 16.5. The first-order valence-corrected chi connectivity index (χ1v) is 12.1. The number of carbonyl (C=O) groups is 3. The number of nitrogens with zero attached hydrogens (tertiary/aromatic N) is 2. The number of imide groups is 1. The monoisotopic (exact) mass is 457 g/mol. The number of aromatic amines is 1. The van der Waals surface area contributed by atoms with E-state index >= 15 is 0 Å². The number of nitrogens with one attached hydrogen (secondary N) is 1. The minimum Gasteiger partial charge on any atom is -0.376 e. The number of carbonyl (C=O) groups excluding carboxylic acids is 3. The first-order chi connectivity index (χ1) is 16.6. The van der Waals surface area contributed by atoms with Crippen molar-refractivity contribution in [1.82, 2.24) is 14.8 Å². The number of ether oxygens (including phenoxy) is 1. The van der Waals surface area contributed by atoms with E-state index in [-0.39, 0.29) is 30.4 Å². The smallest absolute Gasteiger partial charge is 0.261 e. The molecule has 7 heteroatoms. The van der Waals surface area contributed by atoms with Crippen LogP contribution in [0, 0.1) is 0 Å². The van der Waals surface area contributed by atoms with Gasteiger partial charge in [-0.1, -0.05) is 18.2 Å². The lowest BCUT2D eigenvalue weighted by Gasteiger charge is -2.32. The average Bonchev–Trinajstić information content (AvgIpc) is 3.60. The quantitative estimate of drug-likeness (QED) is 0.601. The van der Waals surface area contributed by atoms with Crippen molar-refractivity contribution in [1.29, 1.82) is 0 Å². The largest absolute Gasteiger partial charge is 0.376 e. The van der Waals surface area contributed by atoms with Crippen LogP contribution in [0.15, 0.2) is 48.7 Å². The lowest BCUT2D eigenvalue weighted by molar-refractivity contribution is 0.0475. The number of rotatable bonds is 4. The van der Waals surface area contributed by atoms with E-state index in [2.05, 4.69) is 29.4 Å². The SMILES string of the molecule is O=C(c1ccc2c(c1)C(=O)N(CC1CCCO1)C2=O)N1CCC(c2c[nH]c3ccccc23)CC1. The Labute approximate surface area is 197 Å². The van der Waals surface area contributed by atoms with Crippen LogP contribution in [-0.4, -0.2) is 64.9 Å². The van der Waals surface area contributed by atoms with Crippen molar-refractivity contribution in [3.63, 3.8) is 0 Å². The van der Waals surface area contributed by atoms with Crippen molar-refractivity contribution >= 4 is 28.6 Å². The molecule has 2 fully saturated rings. The Bertz CT molecular complexity index is 1280. The van der Waals surface area contributed by atoms with E-state index in [0.717, 1.165) is 31.2 Å². The fraction of sp³-hybridized carbons (Fsp3) is 0.370. The Hall–Kier alpha value is -3.45. The first-order valence-electron chi connectivity index (χ1n) is 12.1. The predicted octanol–water partition coefficient (Wildman–Crippen LogP) is 3.96. The van der Waals surface area contributed by atoms with Gasteiger partial charge in [-0.25, -0.2) is 0 Å². The van der Waals surface area contributed by atoms with Crippen molar-refractivity contribution in [3.05, 3.63) is 70.9 Å². The number of H-pyrrole nitrogens is 1. The maximum Gasteiger partial charge on any atom is 0.261 e. The van der Waals surface area contributed by atoms with Crippen LogP contribution in [0.2, 0.25) is 0 Å². The zero-order chi connectivity index (χ0) is 23.2. The number of aromatic nitrogens is 1. The summed E-state index contributed by atoms with van der Waals surface area (Å²) < 4.78 is 5.60. The molecular formula is C27H27N3O4. The van der Waals surface area contributed by atoms with E-state index in [0.29, 0.717) is 42.3 Å². The molecule has 2 aromatic carbocycles. The normalized spacial score (nSPS) is 21.0. The van der Waals surface area contributed by atoms with Crippen molar-refractivity contribution < 1.29 is 19.1 Å². The molecule has 0 spiro atoms. The van der Waals surface area contributed by atoms with Crippen LogP contribution in [0.4, 0.5) is 0 Å². The van der Waals surface area contributed by atoms with Crippen molar-refractivity contribution in [2.45, 2.75) is 37.7 Å². The average molecular weight is 458 g/mol. The second-order valence-electron chi connectivity index (χ2n) is 9.47. The molecule has 3 aliphatic rings. The van der Waals surface area contributed by atoms with Gasteiger partial charge in [-0.3, -0.25) is 19.3 Å². The molecule has 174 valence electrons. The summed E-state index contributed by atoms with van der Waals surface area (Å²) in [6.45, 7) is 2.27. The summed E-state index contributed by atoms with van der Waals surface area (Å²) in [5.41, 5.74) is 3.61. The van der Waals surface area contributed by atoms with E-state index in [9.17, 15) is 14.4 Å². The van der Waals surface area contributed by atoms with Gasteiger partial charge in [-0.15, -0.1) is 0 Å². The molecule has 3 aliphatic heterocycles. The van der Waals surface area contributed by atoms with E-state index in [1.54, 1.807) is 18.2 Å². The Morgan fingerprint density at radius 1 is 1.00 bits per heavy atom. The minimum absolute atomic E-state index is 0.0852. The molecule has 1 atom stereocenters. The summed E-state index contributed by atoms with van der Waals surface area (Å²) in [4.78, 5) is 45.4. The molecule has 0 aliphatic carbocycles. The van der Waals surface area contributed by atoms with Gasteiger partial charge in [0, 0.05) is 42.4 Å². The van der Waals surface area contributed by atoms with Crippen molar-refractivity contribution in [3.8, 4) is 0 Å². The second kappa shape index (κ2) is 8.40. The first kappa shape index (κ1) is 21.1. The van der Waals surface area contributed by atoms with Crippen LogP contribution in [0.1, 0.15) is 68.2 Å². The molecule has 1 aromatic heterocycles. The van der Waals surface area contributed by atoms with Gasteiger partial charge in [0.15, 0.2) is 0 Å². The lowest BCUT2D eigenvalue weighted by atomic mass is 9.89. The third-order valence-electron chi connectivity index (χ3n) is 7.47. The van der Waals surface area contributed by atoms with Crippen LogP contribution >= 0.6 is 0 Å². The topological polar surface area (TPSA) is 82.7 Å². The number of likely N-dealkylation sites (tertiary alicyclic amines) is 1. The van der Waals surface area contributed by atoms with E-state index in [1.807, 2.05) is 11.0 Å². The second-order valence-corrected chi connectivity index (χ2v) is 9.47. The van der Waals surface area contributed by atoms with Gasteiger partial charge < -0.3 is 14.6 Å². The highest BCUT2D eigenvalue weighted by molar-refractivity contribution is 6.22. The Balaban J connectivity index is 1.15. The Kier molecular flexibility index (Phi) is 5.21. The fourth-order valence-electron chi connectivity index (χ4n) is 5.59. The number of benzene rings is 2. The van der Waals surface area contributed by atoms with Crippen molar-refractivity contribution in [2.24, 2.45) is 0 Å². The molecular weight excluding hydrogens is 430 g/mol. The van der Waals surface area contributed by atoms with Crippen LogP contribution in [-0.2, 0) is 4.74 Å². The zero-order valence-electron chi connectivity index (χ0n) is 19.0. The number of para-hydroxylation sites is 1. The predicted molar refractivity (Wildman–Crippen MR) is 127 cm³/mol. The van der Waals surface area contributed by atoms with Gasteiger partial charge in [0.1, 0.15) is 0 Å². The molecule has 6 rings (SSSR count). The molecule has 0 radical (unpaired) electrons. The fourth-order valence-corrected chi connectivity index (χ4v) is 5.59. The number of hydrogen-bond acceptors (Lipinski definition) is 4. The van der Waals surface area contributed by atoms with Gasteiger partial charge in [0.05, 0.1) is 23.8 Å². The summed E-state index contributed by atoms with van der Waals surface area (Å²) in [7, 11) is 0. The van der Waals surface area contributed by atoms with E-state index in [1.165, 1.54) is 15.8 Å². The summed E-state index contributed by atoms with van der Waals surface area (Å²) in [5.74, 6) is -0.305. The van der Waals surface area contributed by atoms with Gasteiger partial charge >= 0.3 is 0 Å². The van der Waals surface area contributed by atoms with Crippen molar-refractivity contribution in [2.75, 3.05) is 26.2 Å². The maximum atomic E-state index is 13.2. The summed E-state index contributed by atoms with van der Waals surface area (Å²) in [6, 6.07) is 13.2. The molecule has 1 unspecified atom stereocenters. The number of fused-ring (bicyclic) bond motifs is 2. The van der Waals surface area contributed by atoms with Crippen LogP contribution in [0.3, 0.4) is 0 Å². The molecule has 3 aromatic rings. The third-order valence-corrected chi connectivity index (χ3v) is 7.47. The number of hydrogen-bond donors (Lipinski definition) is 1. The van der Waals surface area contributed by atoms with Gasteiger partial charge in [0.25, 0.3) is 17.7 Å². The summed E-state index contributed by atoms with van der Waals surface area (Å²) in [6.07, 6.45) is 5.59. The molecule has 0 saturated carbocycles. The van der Waals surface area contributed by atoms with Gasteiger partial charge in [-0.2, -0.15) is 0 Å². The number of piperidine rings is 1. The van der Waals surface area contributed by atoms with Crippen LogP contribution in [0.5, 0.6) is 0 Å². The zero-order valence-corrected chi connectivity index (χ0v) is 19.0. The Morgan fingerprint density at radius 2 is 1.79 bits per heavy atom. The highest BCUT2D eigenvalue weighted by Gasteiger charge is 2.38. The Morgan fingerprint density at radius 3 is 2.59 bits per heavy atom. The molecule has 4 heterocycles. The lowest BCUT2D eigenvalue weighted by Crippen LogP contribution is -2.38. The summed E-state index contributed by atoms with van der Waals surface area (Å²) >= 11 is 0. The molecule has 0 bridgehead atoms. The standard InChI is InChI=1S/C27H27N3O4/c31-25(29-11-9-17(10-12-29)23-15-28-24-6-2-1-5-20(23)24)18-7-8-21-22(14-18)27(33)30(26(21)32)16-19-4-3-13-34-19/h1-2,5-8,14-15,17,19,28H,3-4,9-13,16H2. The molecule has 34 heavy (non-hydrogen) atoms. The van der Waals surface area contributed by atoms with Gasteiger partial charge in [0.2, 0.25) is 0 Å². The third kappa shape index (κ3) is 3.51. The molecule has 2 saturated heterocycles. The van der Waals surface area contributed by atoms with Gasteiger partial charge in [-0.05, 0) is 61.4 Å². The minimum atomic E-state index is -0.330. The summed E-state index contributed by atoms with van der Waals surface area (Å²) in [5, 5.41) is 1.25. The molecule has 1 N–H and O–H groups in total. The highest BCUT2D eigenvalue weighted by Crippen LogP contribution is 2.34. The molecule has 3 amide bonds. The van der Waals surface area contributed by atoms with Crippen LogP contribution < -0.4 is 0 Å². The van der Waals surface area contributed by atoms with Crippen LogP contribution in [0.25, 0.3) is 10.9 Å². The molecule has 7 nitrogen and oxygen atoms in total. The van der Waals surface area contributed by atoms with E-state index < -0.39 is 0 Å². The van der Waals surface area contributed by atoms with E-state index in [4.69, 9.17) is 4.74 Å². The maximum absolute atomic E-state index is 13.2.